The average molecular weight is 606 g/mol. The second-order valence-corrected chi connectivity index (χ2v) is 10.3. The molecule has 38 heavy (non-hydrogen) atoms. The molecule has 0 heterocycles. The smallest absolute Gasteiger partial charge is 0.462 e. The zero-order valence-corrected chi connectivity index (χ0v) is 21.1. The van der Waals surface area contributed by atoms with E-state index in [1.54, 1.807) is 21.1 Å². The Bertz CT molecular complexity index is 829. The molecule has 0 rings (SSSR count). The zero-order valence-electron chi connectivity index (χ0n) is 20.2. The molecule has 0 radical (unpaired) electrons. The van der Waals surface area contributed by atoms with Gasteiger partial charge in [0.1, 0.15) is 19.8 Å². The lowest BCUT2D eigenvalue weighted by molar-refractivity contribution is -0.870. The third-order valence-corrected chi connectivity index (χ3v) is 5.27. The van der Waals surface area contributed by atoms with Crippen LogP contribution >= 0.6 is 7.82 Å². The number of rotatable bonds is 16. The number of carbonyl (C=O) groups is 2. The molecular weight excluding hydrogens is 579 g/mol. The molecule has 0 aliphatic carbocycles. The molecule has 0 aliphatic heterocycles. The molecule has 0 amide bonds. The first-order chi connectivity index (χ1) is 16.8. The maximum atomic E-state index is 13.0. The molecular formula is C18H27F10NO8P+. The average Bonchev–Trinajstić information content (AvgIpc) is 2.70. The van der Waals surface area contributed by atoms with Gasteiger partial charge in [0.05, 0.1) is 40.6 Å². The Balaban J connectivity index is 5.18. The van der Waals surface area contributed by atoms with Crippen molar-refractivity contribution in [2.75, 3.05) is 47.5 Å². The van der Waals surface area contributed by atoms with E-state index < -0.39 is 89.0 Å². The first-order valence-corrected chi connectivity index (χ1v) is 11.9. The number of phosphoric acid groups is 1. The van der Waals surface area contributed by atoms with Crippen molar-refractivity contribution in [1.29, 1.82) is 0 Å². The van der Waals surface area contributed by atoms with E-state index in [9.17, 15) is 63.0 Å². The monoisotopic (exact) mass is 606 g/mol. The van der Waals surface area contributed by atoms with Crippen molar-refractivity contribution in [2.45, 2.75) is 56.0 Å². The maximum Gasteiger partial charge on any atom is 0.472 e. The number of nitrogens with zero attached hydrogens (tertiary/aromatic N) is 1. The summed E-state index contributed by atoms with van der Waals surface area (Å²) in [6.07, 6.45) is -21.0. The summed E-state index contributed by atoms with van der Waals surface area (Å²) >= 11 is 0. The van der Waals surface area contributed by atoms with E-state index in [1.165, 1.54) is 0 Å². The highest BCUT2D eigenvalue weighted by Crippen LogP contribution is 2.43. The highest BCUT2D eigenvalue weighted by molar-refractivity contribution is 7.47. The molecule has 0 aromatic rings. The van der Waals surface area contributed by atoms with Crippen molar-refractivity contribution in [3.8, 4) is 0 Å². The normalized spacial score (nSPS) is 16.1. The third kappa shape index (κ3) is 14.5. The number of likely N-dealkylation sites (N-methyl/N-ethyl adjacent to an activating group) is 1. The van der Waals surface area contributed by atoms with Gasteiger partial charge in [0, 0.05) is 12.8 Å². The minimum absolute atomic E-state index is 0.194. The molecule has 0 saturated carbocycles. The van der Waals surface area contributed by atoms with E-state index in [0.717, 1.165) is 0 Å². The summed E-state index contributed by atoms with van der Waals surface area (Å²) in [5.41, 5.74) is 0. The minimum Gasteiger partial charge on any atom is -0.462 e. The summed E-state index contributed by atoms with van der Waals surface area (Å²) in [7, 11) is 0.217. The van der Waals surface area contributed by atoms with Crippen molar-refractivity contribution in [1.82, 2.24) is 0 Å². The number of phosphoric ester groups is 1. The van der Waals surface area contributed by atoms with E-state index in [4.69, 9.17) is 0 Å². The van der Waals surface area contributed by atoms with E-state index >= 15 is 0 Å². The van der Waals surface area contributed by atoms with Crippen LogP contribution in [0.15, 0.2) is 0 Å². The van der Waals surface area contributed by atoms with Crippen molar-refractivity contribution in [3.05, 3.63) is 0 Å². The van der Waals surface area contributed by atoms with Crippen LogP contribution in [0.3, 0.4) is 0 Å². The minimum atomic E-state index is -5.99. The van der Waals surface area contributed by atoms with Gasteiger partial charge in [-0.05, 0) is 0 Å². The molecule has 0 fully saturated rings. The zero-order chi connectivity index (χ0) is 30.2. The number of halogens is 10. The van der Waals surface area contributed by atoms with Gasteiger partial charge in [0.15, 0.2) is 6.10 Å². The molecule has 0 aromatic heterocycles. The van der Waals surface area contributed by atoms with Gasteiger partial charge in [-0.3, -0.25) is 18.6 Å². The molecule has 1 N–H and O–H groups in total. The lowest BCUT2D eigenvalue weighted by atomic mass is 10.2. The first-order valence-electron chi connectivity index (χ1n) is 10.4. The van der Waals surface area contributed by atoms with E-state index in [1.807, 2.05) is 0 Å². The maximum absolute atomic E-state index is 13.0. The SMILES string of the molecule is C[N+](C)(C)CCOP(=O)(O)OCC(COC(=O)CCC(F)(F)C(F)(F)F)OC(=O)CCC(F)(F)C(F)(F)F. The summed E-state index contributed by atoms with van der Waals surface area (Å²) in [5.74, 6) is -13.9. The second kappa shape index (κ2) is 13.6. The molecule has 0 aromatic carbocycles. The van der Waals surface area contributed by atoms with Crippen LogP contribution in [0.1, 0.15) is 25.7 Å². The summed E-state index contributed by atoms with van der Waals surface area (Å²) < 4.78 is 155. The van der Waals surface area contributed by atoms with Crippen LogP contribution in [0.4, 0.5) is 43.9 Å². The van der Waals surface area contributed by atoms with Crippen LogP contribution in [0.5, 0.6) is 0 Å². The topological polar surface area (TPSA) is 108 Å². The predicted octanol–water partition coefficient (Wildman–Crippen LogP) is 4.24. The predicted molar refractivity (Wildman–Crippen MR) is 106 cm³/mol. The fourth-order valence-corrected chi connectivity index (χ4v) is 2.81. The quantitative estimate of drug-likeness (QED) is 0.120. The number of alkyl halides is 10. The van der Waals surface area contributed by atoms with Crippen molar-refractivity contribution >= 4 is 19.8 Å². The van der Waals surface area contributed by atoms with Gasteiger partial charge in [-0.15, -0.1) is 0 Å². The van der Waals surface area contributed by atoms with Gasteiger partial charge in [-0.2, -0.15) is 43.9 Å². The van der Waals surface area contributed by atoms with Gasteiger partial charge in [-0.25, -0.2) is 4.57 Å². The standard InChI is InChI=1S/C18H26F10NO8P/c1-29(2,3)8-9-35-38(32,33)36-11-12(37-14(31)5-7-16(21,22)18(26,27)28)10-34-13(30)4-6-15(19,20)17(23,24)25/h12H,4-11H2,1-3H3/p+1. The molecule has 2 unspecified atom stereocenters. The van der Waals surface area contributed by atoms with E-state index in [0.29, 0.717) is 0 Å². The molecule has 0 aliphatic rings. The van der Waals surface area contributed by atoms with Crippen molar-refractivity contribution in [3.63, 3.8) is 0 Å². The van der Waals surface area contributed by atoms with Crippen LogP contribution in [0.25, 0.3) is 0 Å². The van der Waals surface area contributed by atoms with E-state index in [2.05, 4.69) is 18.5 Å². The summed E-state index contributed by atoms with van der Waals surface area (Å²) in [6, 6.07) is 0. The molecule has 0 saturated heterocycles. The van der Waals surface area contributed by atoms with Gasteiger partial charge in [0.25, 0.3) is 0 Å². The molecule has 226 valence electrons. The van der Waals surface area contributed by atoms with Crippen LogP contribution < -0.4 is 0 Å². The Morgan fingerprint density at radius 3 is 1.66 bits per heavy atom. The highest BCUT2D eigenvalue weighted by Gasteiger charge is 2.57. The molecule has 9 nitrogen and oxygen atoms in total. The third-order valence-electron chi connectivity index (χ3n) is 4.28. The lowest BCUT2D eigenvalue weighted by Gasteiger charge is -2.24. The Morgan fingerprint density at radius 2 is 1.24 bits per heavy atom. The van der Waals surface area contributed by atoms with Gasteiger partial charge < -0.3 is 18.9 Å². The number of hydrogen-bond donors (Lipinski definition) is 1. The second-order valence-electron chi connectivity index (χ2n) is 8.81. The lowest BCUT2D eigenvalue weighted by Crippen LogP contribution is -2.38. The summed E-state index contributed by atoms with van der Waals surface area (Å²) in [5, 5.41) is 0. The van der Waals surface area contributed by atoms with Crippen molar-refractivity contribution in [2.24, 2.45) is 0 Å². The Labute approximate surface area is 210 Å². The van der Waals surface area contributed by atoms with Crippen LogP contribution in [-0.2, 0) is 32.7 Å². The van der Waals surface area contributed by atoms with E-state index in [-0.39, 0.29) is 17.6 Å². The Hall–Kier alpha value is -1.69. The van der Waals surface area contributed by atoms with Gasteiger partial charge >= 0.3 is 44.0 Å². The van der Waals surface area contributed by atoms with Crippen LogP contribution in [0.2, 0.25) is 0 Å². The van der Waals surface area contributed by atoms with Crippen LogP contribution in [-0.4, -0.2) is 99.1 Å². The molecule has 0 spiro atoms. The number of esters is 2. The largest absolute Gasteiger partial charge is 0.472 e. The Kier molecular flexibility index (Phi) is 13.0. The van der Waals surface area contributed by atoms with Crippen LogP contribution in [0, 0.1) is 0 Å². The molecule has 20 heteroatoms. The number of carbonyl (C=O) groups excluding carboxylic acids is 2. The first kappa shape index (κ1) is 36.3. The van der Waals surface area contributed by atoms with Gasteiger partial charge in [0.2, 0.25) is 0 Å². The molecule has 0 bridgehead atoms. The fraction of sp³-hybridized carbons (Fsp3) is 0.889. The fourth-order valence-electron chi connectivity index (χ4n) is 2.07. The number of ether oxygens (including phenoxy) is 2. The van der Waals surface area contributed by atoms with Gasteiger partial charge in [-0.1, -0.05) is 0 Å². The summed E-state index contributed by atoms with van der Waals surface area (Å²) in [6.45, 7) is -2.53. The molecule has 2 atom stereocenters. The summed E-state index contributed by atoms with van der Waals surface area (Å²) in [4.78, 5) is 33.0. The number of hydrogen-bond acceptors (Lipinski definition) is 7. The van der Waals surface area contributed by atoms with Crippen molar-refractivity contribution < 1.29 is 86.0 Å². The highest BCUT2D eigenvalue weighted by atomic mass is 31.2. The Morgan fingerprint density at radius 1 is 0.789 bits per heavy atom. The number of quaternary nitrogens is 1.